The molecule has 2 aliphatic heterocycles. The number of hydrogen-bond acceptors (Lipinski definition) is 10. The zero-order valence-electron chi connectivity index (χ0n) is 28.5. The first kappa shape index (κ1) is 35.2. The lowest BCUT2D eigenvalue weighted by Crippen LogP contribution is -2.43. The number of carbonyl (C=O) groups is 4. The molecule has 0 radical (unpaired) electrons. The third-order valence-corrected chi connectivity index (χ3v) is 9.30. The van der Waals surface area contributed by atoms with E-state index in [4.69, 9.17) is 4.42 Å². The van der Waals surface area contributed by atoms with Gasteiger partial charge in [0.15, 0.2) is 5.76 Å². The van der Waals surface area contributed by atoms with Crippen molar-refractivity contribution in [3.63, 3.8) is 0 Å². The van der Waals surface area contributed by atoms with Gasteiger partial charge < -0.3 is 35.1 Å². The van der Waals surface area contributed by atoms with Gasteiger partial charge in [0, 0.05) is 73.2 Å². The van der Waals surface area contributed by atoms with Gasteiger partial charge >= 0.3 is 0 Å². The number of pyridine rings is 2. The van der Waals surface area contributed by atoms with Crippen molar-refractivity contribution in [2.45, 2.75) is 50.0 Å². The normalized spacial score (nSPS) is 19.6. The van der Waals surface area contributed by atoms with Gasteiger partial charge in [-0.05, 0) is 71.8 Å². The van der Waals surface area contributed by atoms with Crippen LogP contribution < -0.4 is 10.6 Å². The van der Waals surface area contributed by atoms with E-state index in [1.165, 1.54) is 9.80 Å². The number of nitrogens with zero attached hydrogens (tertiary/aromatic N) is 5. The van der Waals surface area contributed by atoms with Crippen molar-refractivity contribution < 1.29 is 33.8 Å². The lowest BCUT2D eigenvalue weighted by molar-refractivity contribution is -0.136. The molecule has 0 saturated carbocycles. The highest BCUT2D eigenvalue weighted by molar-refractivity contribution is 5.99. The Morgan fingerprint density at radius 1 is 0.660 bits per heavy atom. The maximum atomic E-state index is 13.2. The van der Waals surface area contributed by atoms with Crippen molar-refractivity contribution >= 4 is 35.0 Å². The number of β-amino-alcohol motifs (C(OH)–C–C–N with tert-alkyl or cyclic N) is 2. The van der Waals surface area contributed by atoms with E-state index in [0.717, 1.165) is 16.7 Å². The van der Waals surface area contributed by atoms with Crippen LogP contribution in [0, 0.1) is 0 Å². The predicted molar refractivity (Wildman–Crippen MR) is 193 cm³/mol. The van der Waals surface area contributed by atoms with Crippen molar-refractivity contribution in [3.05, 3.63) is 115 Å². The Balaban J connectivity index is 0.941. The average molecular weight is 716 g/mol. The first-order chi connectivity index (χ1) is 25.7. The van der Waals surface area contributed by atoms with Crippen LogP contribution in [0.3, 0.4) is 0 Å². The van der Waals surface area contributed by atoms with Crippen LogP contribution in [0.4, 0.5) is 11.4 Å². The van der Waals surface area contributed by atoms with Gasteiger partial charge in [0.1, 0.15) is 12.1 Å². The molecule has 2 saturated heterocycles. The lowest BCUT2D eigenvalue weighted by atomic mass is 10.1. The number of amides is 4. The van der Waals surface area contributed by atoms with E-state index in [2.05, 4.69) is 25.6 Å². The first-order valence-electron chi connectivity index (χ1n) is 17.2. The summed E-state index contributed by atoms with van der Waals surface area (Å²) < 4.78 is 6.02. The summed E-state index contributed by atoms with van der Waals surface area (Å²) >= 11 is 0. The zero-order chi connectivity index (χ0) is 36.9. The monoisotopic (exact) mass is 715 g/mol. The molecule has 2 aliphatic rings. The summed E-state index contributed by atoms with van der Waals surface area (Å²) in [6.45, 7) is 0.169. The number of likely N-dealkylation sites (tertiary alicyclic amines) is 2. The summed E-state index contributed by atoms with van der Waals surface area (Å²) in [5.74, 6) is -0.434. The second-order valence-corrected chi connectivity index (χ2v) is 13.1. The highest BCUT2D eigenvalue weighted by Crippen LogP contribution is 2.29. The van der Waals surface area contributed by atoms with E-state index < -0.39 is 24.3 Å². The van der Waals surface area contributed by atoms with Gasteiger partial charge in [0.2, 0.25) is 29.5 Å². The Labute approximate surface area is 304 Å². The highest BCUT2D eigenvalue weighted by atomic mass is 16.4. The zero-order valence-corrected chi connectivity index (χ0v) is 28.5. The minimum absolute atomic E-state index is 0.0837. The fourth-order valence-electron chi connectivity index (χ4n) is 6.64. The fraction of sp³-hybridized carbons (Fsp3) is 0.256. The van der Waals surface area contributed by atoms with E-state index in [0.29, 0.717) is 28.6 Å². The number of aliphatic hydroxyl groups excluding tert-OH is 2. The molecule has 4 atom stereocenters. The third kappa shape index (κ3) is 8.29. The Morgan fingerprint density at radius 3 is 1.58 bits per heavy atom. The van der Waals surface area contributed by atoms with E-state index in [-0.39, 0.29) is 62.4 Å². The molecule has 0 spiro atoms. The molecule has 14 nitrogen and oxygen atoms in total. The van der Waals surface area contributed by atoms with Gasteiger partial charge in [-0.3, -0.25) is 29.1 Å². The Morgan fingerprint density at radius 2 is 1.13 bits per heavy atom. The summed E-state index contributed by atoms with van der Waals surface area (Å²) in [6.07, 6.45) is 6.92. The molecule has 5 aromatic rings. The van der Waals surface area contributed by atoms with Crippen molar-refractivity contribution in [1.82, 2.24) is 24.8 Å². The summed E-state index contributed by atoms with van der Waals surface area (Å²) in [5, 5.41) is 26.2. The van der Waals surface area contributed by atoms with Crippen molar-refractivity contribution in [2.75, 3.05) is 23.7 Å². The highest BCUT2D eigenvalue weighted by Gasteiger charge is 2.40. The number of nitrogens with one attached hydrogen (secondary N) is 2. The summed E-state index contributed by atoms with van der Waals surface area (Å²) in [6, 6.07) is 19.4. The van der Waals surface area contributed by atoms with Gasteiger partial charge in [0.25, 0.3) is 0 Å². The largest absolute Gasteiger partial charge is 0.436 e. The van der Waals surface area contributed by atoms with Crippen LogP contribution in [0.25, 0.3) is 22.8 Å². The van der Waals surface area contributed by atoms with Crippen LogP contribution in [0.15, 0.2) is 108 Å². The smallest absolute Gasteiger partial charge is 0.247 e. The molecular formula is C39H37N7O7. The van der Waals surface area contributed by atoms with Gasteiger partial charge in [0.05, 0.1) is 31.2 Å². The predicted octanol–water partition coefficient (Wildman–Crippen LogP) is 3.08. The third-order valence-electron chi connectivity index (χ3n) is 9.30. The molecule has 14 heteroatoms. The number of anilines is 2. The van der Waals surface area contributed by atoms with Gasteiger partial charge in [-0.25, -0.2) is 4.98 Å². The van der Waals surface area contributed by atoms with Crippen LogP contribution in [0.5, 0.6) is 0 Å². The van der Waals surface area contributed by atoms with Gasteiger partial charge in [-0.15, -0.1) is 0 Å². The number of aromatic nitrogens is 3. The Bertz CT molecular complexity index is 1930. The average Bonchev–Trinajstić information content (AvgIpc) is 3.92. The summed E-state index contributed by atoms with van der Waals surface area (Å²) in [7, 11) is 0. The molecule has 270 valence electrons. The topological polar surface area (TPSA) is 191 Å². The molecule has 5 heterocycles. The molecular weight excluding hydrogens is 678 g/mol. The van der Waals surface area contributed by atoms with Gasteiger partial charge in [-0.1, -0.05) is 12.1 Å². The molecule has 0 aliphatic carbocycles. The Kier molecular flexibility index (Phi) is 10.3. The molecule has 2 fully saturated rings. The maximum absolute atomic E-state index is 13.2. The Hall–Kier alpha value is -6.25. The molecule has 53 heavy (non-hydrogen) atoms. The number of hydrogen-bond donors (Lipinski definition) is 4. The number of carbonyl (C=O) groups excluding carboxylic acids is 4. The van der Waals surface area contributed by atoms with E-state index in [1.54, 1.807) is 104 Å². The quantitative estimate of drug-likeness (QED) is 0.167. The van der Waals surface area contributed by atoms with Crippen LogP contribution in [-0.2, 0) is 32.0 Å². The standard InChI is InChI=1S/C39H37N7O7/c47-30-17-32(45(22-30)35(49)15-24-3-1-13-40-19-24)37(51)43-28-9-5-26(6-10-28)34-21-42-39(53-34)27-7-11-29(12-8-27)44-38(52)33-18-31(48)23-46(33)36(50)16-25-4-2-14-41-20-25/h1-14,19-21,30-33,47-48H,15-18,22-23H2,(H,43,51)(H,44,52)/t30-,31-,32+,33+/m1/s1. The van der Waals surface area contributed by atoms with Crippen LogP contribution in [0.2, 0.25) is 0 Å². The van der Waals surface area contributed by atoms with Gasteiger partial charge in [-0.2, -0.15) is 0 Å². The van der Waals surface area contributed by atoms with E-state index >= 15 is 0 Å². The molecule has 4 amide bonds. The molecule has 4 N–H and O–H groups in total. The molecule has 0 bridgehead atoms. The van der Waals surface area contributed by atoms with Crippen LogP contribution in [-0.4, -0.2) is 96.0 Å². The van der Waals surface area contributed by atoms with Crippen LogP contribution in [0.1, 0.15) is 24.0 Å². The number of aliphatic hydroxyl groups is 2. The van der Waals surface area contributed by atoms with Crippen LogP contribution >= 0.6 is 0 Å². The number of oxazole rings is 1. The fourth-order valence-corrected chi connectivity index (χ4v) is 6.64. The first-order valence-corrected chi connectivity index (χ1v) is 17.2. The molecule has 7 rings (SSSR count). The minimum Gasteiger partial charge on any atom is -0.436 e. The second kappa shape index (κ2) is 15.6. The molecule has 0 unspecified atom stereocenters. The van der Waals surface area contributed by atoms with E-state index in [1.807, 2.05) is 0 Å². The minimum atomic E-state index is -0.805. The maximum Gasteiger partial charge on any atom is 0.247 e. The van der Waals surface area contributed by atoms with Crippen molar-refractivity contribution in [1.29, 1.82) is 0 Å². The molecule has 3 aromatic heterocycles. The van der Waals surface area contributed by atoms with Crippen molar-refractivity contribution in [2.24, 2.45) is 0 Å². The molecule has 2 aromatic carbocycles. The van der Waals surface area contributed by atoms with E-state index in [9.17, 15) is 29.4 Å². The lowest BCUT2D eigenvalue weighted by Gasteiger charge is -2.23. The SMILES string of the molecule is O=C(Nc1ccc(-c2cnc(-c3ccc(NC(=O)[C@@H]4C[C@@H](O)CN4C(=O)Cc4cccnc4)cc3)o2)cc1)[C@@H]1C[C@@H](O)CN1C(=O)Cc1cccnc1. The van der Waals surface area contributed by atoms with Crippen molar-refractivity contribution in [3.8, 4) is 22.8 Å². The summed E-state index contributed by atoms with van der Waals surface area (Å²) in [5.41, 5.74) is 3.88. The summed E-state index contributed by atoms with van der Waals surface area (Å²) in [4.78, 5) is 67.7. The second-order valence-electron chi connectivity index (χ2n) is 13.1. The number of benzene rings is 2. The number of rotatable bonds is 10.